The first-order valence-electron chi connectivity index (χ1n) is 16.5. The lowest BCUT2D eigenvalue weighted by Crippen LogP contribution is -2.45. The zero-order valence-electron chi connectivity index (χ0n) is 31.0. The molecule has 1 aliphatic heterocycles. The molecule has 0 aliphatic carbocycles. The first kappa shape index (κ1) is 7.32. The molecule has 0 saturated carbocycles. The molecule has 1 fully saturated rings. The summed E-state index contributed by atoms with van der Waals surface area (Å²) in [5, 5.41) is 10.6. The number of carbonyl (C=O) groups excluding carboxylic acids is 1. The van der Waals surface area contributed by atoms with Crippen molar-refractivity contribution in [3.8, 4) is 0 Å². The highest BCUT2D eigenvalue weighted by Crippen LogP contribution is 2.36. The highest BCUT2D eigenvalue weighted by molar-refractivity contribution is 5.86. The quantitative estimate of drug-likeness (QED) is 0.735. The molecule has 27 heavy (non-hydrogen) atoms. The molecule has 2 aromatic rings. The van der Waals surface area contributed by atoms with E-state index < -0.39 is 109 Å². The maximum Gasteiger partial charge on any atom is 0.348 e. The van der Waals surface area contributed by atoms with Gasteiger partial charge in [-0.25, -0.2) is 4.79 Å². The zero-order valence-corrected chi connectivity index (χ0v) is 14.0. The average molecular weight is 387 g/mol. The van der Waals surface area contributed by atoms with Crippen molar-refractivity contribution < 1.29 is 42.8 Å². The molecule has 0 radical (unpaired) electrons. The van der Waals surface area contributed by atoms with Crippen LogP contribution in [-0.2, 0) is 19.9 Å². The van der Waals surface area contributed by atoms with E-state index in [4.69, 9.17) is 32.8 Å². The molecule has 1 heterocycles. The van der Waals surface area contributed by atoms with E-state index in [0.29, 0.717) is 0 Å². The molecule has 0 unspecified atom stereocenters. The summed E-state index contributed by atoms with van der Waals surface area (Å²) in [4.78, 5) is 14.4. The van der Waals surface area contributed by atoms with Crippen molar-refractivity contribution in [3.05, 3.63) is 71.6 Å². The number of hydrogen-bond acceptors (Lipinski definition) is 5. The van der Waals surface area contributed by atoms with Crippen LogP contribution in [0, 0.1) is 0 Å². The summed E-state index contributed by atoms with van der Waals surface area (Å²) in [7, 11) is 0. The number of carbonyl (C=O) groups is 1. The van der Waals surface area contributed by atoms with E-state index in [-0.39, 0.29) is 25.9 Å². The van der Waals surface area contributed by atoms with Crippen LogP contribution in [-0.4, -0.2) is 42.0 Å². The fraction of sp³-hybridized carbons (Fsp3) is 0.409. The Balaban J connectivity index is 2.61. The summed E-state index contributed by atoms with van der Waals surface area (Å²) in [5.41, 5.74) is -6.44. The molecule has 1 saturated heterocycles. The van der Waals surface area contributed by atoms with Gasteiger partial charge in [0.05, 0.1) is 16.4 Å². The standard InChI is InChI=1S/C22H27NO4/c1-2-17-26-22(18-9-5-3-6-10-18,19-11-7-4-8-12-19)21(24)27-20-13-15-23(25)16-14-20/h3-12,20,25H,2,13-17H2,1H3/i1D3,2D2,3D,4D,5D,6D,7D,8D,9D,10D,11D,12D,17D2. The van der Waals surface area contributed by atoms with Crippen LogP contribution in [0.15, 0.2) is 60.4 Å². The molecule has 144 valence electrons. The molecule has 5 nitrogen and oxygen atoms in total. The lowest BCUT2D eigenvalue weighted by molar-refractivity contribution is -0.182. The molecule has 0 spiro atoms. The number of hydroxylamine groups is 2. The monoisotopic (exact) mass is 386 g/mol. The van der Waals surface area contributed by atoms with Gasteiger partial charge in [0.25, 0.3) is 0 Å². The third-order valence-corrected chi connectivity index (χ3v) is 3.94. The van der Waals surface area contributed by atoms with Crippen molar-refractivity contribution in [2.45, 2.75) is 37.8 Å². The summed E-state index contributed by atoms with van der Waals surface area (Å²) in [6.07, 6.45) is -5.33. The Morgan fingerprint density at radius 2 is 1.74 bits per heavy atom. The number of rotatable bonds is 7. The van der Waals surface area contributed by atoms with E-state index in [1.165, 1.54) is 0 Å². The van der Waals surface area contributed by atoms with Gasteiger partial charge in [-0.3, -0.25) is 0 Å². The van der Waals surface area contributed by atoms with Crippen LogP contribution in [0.1, 0.15) is 60.5 Å². The minimum Gasteiger partial charge on any atom is -0.460 e. The molecule has 5 heteroatoms. The second-order valence-corrected chi connectivity index (χ2v) is 5.57. The Kier molecular flexibility index (Phi) is 2.47. The van der Waals surface area contributed by atoms with Gasteiger partial charge in [-0.15, -0.1) is 0 Å². The van der Waals surface area contributed by atoms with Crippen molar-refractivity contribution in [3.63, 3.8) is 0 Å². The SMILES string of the molecule is [2H]c1c([2H])c([2H])c(C(OC([2H])([2H])C([2H])([2H])C([2H])([2H])[2H])(C(=O)OC2CCN(O)CC2)c2c([2H])c([2H])c([2H])c([2H])c2[2H])c([2H])c1[2H]. The molecule has 1 N–H and O–H groups in total. The molecule has 2 aromatic carbocycles. The molecular formula is C22H27NO4. The summed E-state index contributed by atoms with van der Waals surface area (Å²) in [5.74, 6) is -1.89. The highest BCUT2D eigenvalue weighted by Gasteiger charge is 2.46. The summed E-state index contributed by atoms with van der Waals surface area (Å²) < 4.78 is 149. The predicted octanol–water partition coefficient (Wildman–Crippen LogP) is 3.75. The lowest BCUT2D eigenvalue weighted by atomic mass is 9.85. The number of nitrogens with zero attached hydrogens (tertiary/aromatic N) is 1. The predicted molar refractivity (Wildman–Crippen MR) is 102 cm³/mol. The Labute approximate surface area is 184 Å². The fourth-order valence-corrected chi connectivity index (χ4v) is 2.62. The molecule has 0 bridgehead atoms. The fourth-order valence-electron chi connectivity index (χ4n) is 2.62. The molecular weight excluding hydrogens is 342 g/mol. The van der Waals surface area contributed by atoms with Crippen molar-refractivity contribution >= 4 is 5.97 Å². The first-order valence-corrected chi connectivity index (χ1v) is 7.95. The Bertz CT molecular complexity index is 1340. The van der Waals surface area contributed by atoms with Crippen molar-refractivity contribution in [1.29, 1.82) is 0 Å². The van der Waals surface area contributed by atoms with Crippen LogP contribution < -0.4 is 0 Å². The largest absolute Gasteiger partial charge is 0.460 e. The number of esters is 1. The number of hydrogen-bond donors (Lipinski definition) is 1. The van der Waals surface area contributed by atoms with E-state index in [1.807, 2.05) is 0 Å². The van der Waals surface area contributed by atoms with Crippen LogP contribution >= 0.6 is 0 Å². The smallest absolute Gasteiger partial charge is 0.348 e. The van der Waals surface area contributed by atoms with Crippen LogP contribution in [0.25, 0.3) is 0 Å². The van der Waals surface area contributed by atoms with Gasteiger partial charge in [-0.2, -0.15) is 5.06 Å². The summed E-state index contributed by atoms with van der Waals surface area (Å²) in [6, 6.07) is -11.7. The van der Waals surface area contributed by atoms with Crippen molar-refractivity contribution in [1.82, 2.24) is 5.06 Å². The molecule has 1 aliphatic rings. The molecule has 0 amide bonds. The van der Waals surface area contributed by atoms with Gasteiger partial charge in [0.2, 0.25) is 5.60 Å². The van der Waals surface area contributed by atoms with Crippen molar-refractivity contribution in [2.75, 3.05) is 19.6 Å². The minimum atomic E-state index is -4.17. The molecule has 3 rings (SSSR count). The second-order valence-electron chi connectivity index (χ2n) is 5.57. The zero-order chi connectivity index (χ0) is 33.9. The second kappa shape index (κ2) is 9.13. The van der Waals surface area contributed by atoms with E-state index >= 15 is 0 Å². The Morgan fingerprint density at radius 3 is 2.26 bits per heavy atom. The third kappa shape index (κ3) is 4.38. The summed E-state index contributed by atoms with van der Waals surface area (Å²) in [6.45, 7) is -8.10. The highest BCUT2D eigenvalue weighted by atomic mass is 16.6. The molecule has 0 aromatic heterocycles. The van der Waals surface area contributed by atoms with Crippen LogP contribution in [0.3, 0.4) is 0 Å². The van der Waals surface area contributed by atoms with Gasteiger partial charge in [0, 0.05) is 26.5 Å². The average Bonchev–Trinajstić information content (AvgIpc) is 2.93. The minimum absolute atomic E-state index is 0.0580. The van der Waals surface area contributed by atoms with Crippen LogP contribution in [0.2, 0.25) is 0 Å². The number of benzene rings is 2. The third-order valence-electron chi connectivity index (χ3n) is 3.94. The van der Waals surface area contributed by atoms with Gasteiger partial charge < -0.3 is 14.7 Å². The van der Waals surface area contributed by atoms with Gasteiger partial charge in [-0.1, -0.05) is 67.3 Å². The van der Waals surface area contributed by atoms with E-state index in [9.17, 15) is 10.0 Å². The maximum atomic E-state index is 14.4. The van der Waals surface area contributed by atoms with Gasteiger partial charge in [0.15, 0.2) is 0 Å². The van der Waals surface area contributed by atoms with Gasteiger partial charge >= 0.3 is 5.97 Å². The van der Waals surface area contributed by atoms with Crippen LogP contribution in [0.4, 0.5) is 0 Å². The number of piperidine rings is 1. The lowest BCUT2D eigenvalue weighted by Gasteiger charge is -2.35. The van der Waals surface area contributed by atoms with Gasteiger partial charge in [0.1, 0.15) is 6.10 Å². The van der Waals surface area contributed by atoms with E-state index in [0.717, 1.165) is 5.06 Å². The maximum absolute atomic E-state index is 14.4. The van der Waals surface area contributed by atoms with E-state index in [2.05, 4.69) is 0 Å². The van der Waals surface area contributed by atoms with Crippen LogP contribution in [0.5, 0.6) is 0 Å². The Morgan fingerprint density at radius 1 is 1.19 bits per heavy atom. The first-order chi connectivity index (χ1) is 20.0. The number of ether oxygens (including phenoxy) is 2. The Hall–Kier alpha value is -2.21. The van der Waals surface area contributed by atoms with Crippen molar-refractivity contribution in [2.24, 2.45) is 0 Å². The normalized spacial score (nSPS) is 26.8. The van der Waals surface area contributed by atoms with E-state index in [1.54, 1.807) is 0 Å². The van der Waals surface area contributed by atoms with Gasteiger partial charge in [-0.05, 0) is 30.3 Å². The molecule has 0 atom stereocenters. The topological polar surface area (TPSA) is 59.0 Å². The summed E-state index contributed by atoms with van der Waals surface area (Å²) >= 11 is 0.